The Morgan fingerprint density at radius 1 is 1.78 bits per heavy atom. The normalized spacial score (nSPS) is 12.7. The summed E-state index contributed by atoms with van der Waals surface area (Å²) in [6.07, 6.45) is 1.99. The molecule has 0 fully saturated rings. The van der Waals surface area contributed by atoms with Gasteiger partial charge in [-0.25, -0.2) is 4.79 Å². The summed E-state index contributed by atoms with van der Waals surface area (Å²) in [6.45, 7) is 5.18. The molecule has 0 bridgehead atoms. The number of nitrogens with zero attached hydrogens (tertiary/aromatic N) is 1. The summed E-state index contributed by atoms with van der Waals surface area (Å²) >= 11 is 0. The second kappa shape index (κ2) is 5.56. The van der Waals surface area contributed by atoms with Crippen molar-refractivity contribution in [1.29, 1.82) is 0 Å². The molecular formula is C6H11NO2. The molecule has 0 saturated heterocycles. The van der Waals surface area contributed by atoms with Crippen LogP contribution in [0.5, 0.6) is 0 Å². The summed E-state index contributed by atoms with van der Waals surface area (Å²) in [7, 11) is 0. The third kappa shape index (κ3) is 5.30. The maximum absolute atomic E-state index is 9.47. The van der Waals surface area contributed by atoms with Crippen LogP contribution in [0, 0.1) is 0 Å². The molecule has 0 aromatic heterocycles. The molecule has 0 aromatic carbocycles. The Bertz CT molecular complexity index is 75.5. The molecule has 0 aromatic rings. The molecule has 0 spiro atoms. The highest BCUT2D eigenvalue weighted by Crippen LogP contribution is 1.94. The summed E-state index contributed by atoms with van der Waals surface area (Å²) in [5, 5.41) is 0. The fourth-order valence-electron chi connectivity index (χ4n) is 0.582. The van der Waals surface area contributed by atoms with Crippen molar-refractivity contribution >= 4 is 6.47 Å². The second-order valence-electron chi connectivity index (χ2n) is 1.92. The van der Waals surface area contributed by atoms with Crippen molar-refractivity contribution in [2.75, 3.05) is 0 Å². The molecule has 1 atom stereocenters. The largest absolute Gasteiger partial charge is 0.439 e. The first-order chi connectivity index (χ1) is 4.31. The highest BCUT2D eigenvalue weighted by molar-refractivity contribution is 5.37. The minimum atomic E-state index is 0.108. The van der Waals surface area contributed by atoms with Crippen LogP contribution in [0.3, 0.4) is 0 Å². The lowest BCUT2D eigenvalue weighted by Gasteiger charge is -2.03. The first-order valence-electron chi connectivity index (χ1n) is 3.04. The van der Waals surface area contributed by atoms with E-state index in [0.29, 0.717) is 0 Å². The van der Waals surface area contributed by atoms with E-state index >= 15 is 0 Å². The van der Waals surface area contributed by atoms with Crippen molar-refractivity contribution in [3.05, 3.63) is 0 Å². The van der Waals surface area contributed by atoms with E-state index in [9.17, 15) is 4.79 Å². The number of carbonyl (C=O) groups excluding carboxylic acids is 1. The molecule has 0 heterocycles. The van der Waals surface area contributed by atoms with Crippen molar-refractivity contribution in [1.82, 2.24) is 5.48 Å². The third-order valence-corrected chi connectivity index (χ3v) is 0.976. The van der Waals surface area contributed by atoms with Gasteiger partial charge in [0.2, 0.25) is 0 Å². The van der Waals surface area contributed by atoms with E-state index in [1.54, 1.807) is 0 Å². The Labute approximate surface area is 55.3 Å². The van der Waals surface area contributed by atoms with Gasteiger partial charge in [0.15, 0.2) is 0 Å². The molecule has 2 radical (unpaired) electrons. The van der Waals surface area contributed by atoms with Crippen LogP contribution < -0.4 is 5.48 Å². The van der Waals surface area contributed by atoms with Gasteiger partial charge in [-0.05, 0) is 18.8 Å². The van der Waals surface area contributed by atoms with E-state index in [0.717, 1.165) is 12.8 Å². The molecule has 52 valence electrons. The molecule has 1 unspecified atom stereocenters. The molecular weight excluding hydrogens is 118 g/mol. The summed E-state index contributed by atoms with van der Waals surface area (Å²) in [6, 6.07) is 0.108. The zero-order valence-corrected chi connectivity index (χ0v) is 5.76. The van der Waals surface area contributed by atoms with Crippen LogP contribution in [-0.4, -0.2) is 12.5 Å². The van der Waals surface area contributed by atoms with Gasteiger partial charge in [0.1, 0.15) is 0 Å². The Hall–Kier alpha value is -0.570. The van der Waals surface area contributed by atoms with Crippen LogP contribution in [0.15, 0.2) is 0 Å². The van der Waals surface area contributed by atoms with Gasteiger partial charge in [-0.1, -0.05) is 13.3 Å². The smallest absolute Gasteiger partial charge is 0.340 e. The van der Waals surface area contributed by atoms with E-state index in [1.807, 2.05) is 6.92 Å². The van der Waals surface area contributed by atoms with E-state index in [4.69, 9.17) is 0 Å². The number of hydrogen-bond acceptors (Lipinski definition) is 2. The fraction of sp³-hybridized carbons (Fsp3) is 0.833. The lowest BCUT2D eigenvalue weighted by atomic mass is 10.2. The molecule has 3 nitrogen and oxygen atoms in total. The second-order valence-corrected chi connectivity index (χ2v) is 1.92. The Morgan fingerprint density at radius 2 is 2.44 bits per heavy atom. The maximum Gasteiger partial charge on any atom is 0.439 e. The van der Waals surface area contributed by atoms with E-state index in [2.05, 4.69) is 17.2 Å². The maximum atomic E-state index is 9.47. The SMILES string of the molecule is CCCC(C)[N]O[C]=O. The molecule has 0 aliphatic rings. The summed E-state index contributed by atoms with van der Waals surface area (Å²) < 4.78 is 0. The van der Waals surface area contributed by atoms with Crippen LogP contribution in [0.4, 0.5) is 0 Å². The average Bonchev–Trinajstić information content (AvgIpc) is 1.85. The molecule has 0 aliphatic heterocycles. The lowest BCUT2D eigenvalue weighted by molar-refractivity contribution is 0.124. The van der Waals surface area contributed by atoms with Gasteiger partial charge in [-0.15, -0.1) is 0 Å². The monoisotopic (exact) mass is 129 g/mol. The van der Waals surface area contributed by atoms with Gasteiger partial charge in [-0.3, -0.25) is 0 Å². The van der Waals surface area contributed by atoms with Crippen molar-refractivity contribution in [3.8, 4) is 0 Å². The third-order valence-electron chi connectivity index (χ3n) is 0.976. The lowest BCUT2D eigenvalue weighted by Crippen LogP contribution is -2.17. The van der Waals surface area contributed by atoms with Gasteiger partial charge in [0.25, 0.3) is 0 Å². The van der Waals surface area contributed by atoms with Gasteiger partial charge in [-0.2, -0.15) is 0 Å². The predicted octanol–water partition coefficient (Wildman–Crippen LogP) is 0.778. The molecule has 0 rings (SSSR count). The minimum absolute atomic E-state index is 0.108. The predicted molar refractivity (Wildman–Crippen MR) is 33.3 cm³/mol. The van der Waals surface area contributed by atoms with Crippen molar-refractivity contribution < 1.29 is 9.63 Å². The zero-order valence-electron chi connectivity index (χ0n) is 5.76. The van der Waals surface area contributed by atoms with Crippen molar-refractivity contribution in [2.24, 2.45) is 0 Å². The molecule has 0 N–H and O–H groups in total. The molecule has 3 heteroatoms. The number of rotatable bonds is 5. The highest BCUT2D eigenvalue weighted by Gasteiger charge is 2.00. The van der Waals surface area contributed by atoms with Crippen LogP contribution in [0.25, 0.3) is 0 Å². The van der Waals surface area contributed by atoms with Crippen molar-refractivity contribution in [2.45, 2.75) is 32.7 Å². The number of hydroxylamine groups is 1. The van der Waals surface area contributed by atoms with Crippen LogP contribution in [0.2, 0.25) is 0 Å². The van der Waals surface area contributed by atoms with E-state index < -0.39 is 0 Å². The standard InChI is InChI=1S/C6H11NO2/c1-3-4-6(2)7-9-5-8/h6H,3-4H2,1-2H3. The van der Waals surface area contributed by atoms with Gasteiger partial charge in [0.05, 0.1) is 6.04 Å². The van der Waals surface area contributed by atoms with Gasteiger partial charge in [0, 0.05) is 0 Å². The summed E-state index contributed by atoms with van der Waals surface area (Å²) in [4.78, 5) is 13.5. The average molecular weight is 129 g/mol. The molecule has 0 saturated carbocycles. The molecule has 0 aliphatic carbocycles. The zero-order chi connectivity index (χ0) is 7.11. The van der Waals surface area contributed by atoms with Crippen molar-refractivity contribution in [3.63, 3.8) is 0 Å². The molecule has 9 heavy (non-hydrogen) atoms. The Kier molecular flexibility index (Phi) is 5.21. The fourth-order valence-corrected chi connectivity index (χ4v) is 0.582. The first kappa shape index (κ1) is 8.43. The van der Waals surface area contributed by atoms with E-state index in [-0.39, 0.29) is 6.04 Å². The number of hydrogen-bond donors (Lipinski definition) is 0. The first-order valence-corrected chi connectivity index (χ1v) is 3.04. The van der Waals surface area contributed by atoms with E-state index in [1.165, 1.54) is 6.47 Å². The van der Waals surface area contributed by atoms with Crippen LogP contribution in [0.1, 0.15) is 26.7 Å². The minimum Gasteiger partial charge on any atom is -0.340 e. The Morgan fingerprint density at radius 3 is 2.89 bits per heavy atom. The topological polar surface area (TPSA) is 40.4 Å². The summed E-state index contributed by atoms with van der Waals surface area (Å²) in [5.74, 6) is 0. The quantitative estimate of drug-likeness (QED) is 0.514. The summed E-state index contributed by atoms with van der Waals surface area (Å²) in [5.41, 5.74) is 3.51. The van der Waals surface area contributed by atoms with Crippen LogP contribution >= 0.6 is 0 Å². The Balaban J connectivity index is 3.04. The van der Waals surface area contributed by atoms with Gasteiger partial charge >= 0.3 is 6.47 Å². The van der Waals surface area contributed by atoms with Gasteiger partial charge < -0.3 is 4.84 Å². The molecule has 0 amide bonds. The highest BCUT2D eigenvalue weighted by atomic mass is 16.7. The van der Waals surface area contributed by atoms with Crippen LogP contribution in [-0.2, 0) is 9.63 Å².